The highest BCUT2D eigenvalue weighted by atomic mass is 32.1. The van der Waals surface area contributed by atoms with Crippen molar-refractivity contribution >= 4 is 29.0 Å². The number of primary amides is 1. The lowest BCUT2D eigenvalue weighted by atomic mass is 10.0. The average Bonchev–Trinajstić information content (AvgIpc) is 2.15. The third kappa shape index (κ3) is 5.63. The third-order valence-corrected chi connectivity index (χ3v) is 2.58. The molecule has 6 heteroatoms. The second kappa shape index (κ2) is 7.21. The maximum Gasteiger partial charge on any atom is 0.237 e. The molecule has 0 spiro atoms. The molecule has 0 aromatic rings. The van der Waals surface area contributed by atoms with Crippen molar-refractivity contribution in [3.63, 3.8) is 0 Å². The fraction of sp³-hybridized carbons (Fsp3) is 0.727. The van der Waals surface area contributed by atoms with Crippen LogP contribution in [-0.4, -0.2) is 34.8 Å². The zero-order chi connectivity index (χ0) is 13.6. The number of amides is 2. The highest BCUT2D eigenvalue weighted by Crippen LogP contribution is 2.10. The average molecular weight is 259 g/mol. The molecule has 0 heterocycles. The summed E-state index contributed by atoms with van der Waals surface area (Å²) in [6.07, 6.45) is 0.529. The van der Waals surface area contributed by atoms with Crippen LogP contribution in [-0.2, 0) is 9.59 Å². The van der Waals surface area contributed by atoms with Crippen LogP contribution < -0.4 is 11.5 Å². The summed E-state index contributed by atoms with van der Waals surface area (Å²) in [5.41, 5.74) is 10.6. The Morgan fingerprint density at radius 3 is 2.12 bits per heavy atom. The quantitative estimate of drug-likeness (QED) is 0.642. The van der Waals surface area contributed by atoms with Gasteiger partial charge in [-0.3, -0.25) is 9.59 Å². The van der Waals surface area contributed by atoms with Gasteiger partial charge in [0.2, 0.25) is 11.8 Å². The summed E-state index contributed by atoms with van der Waals surface area (Å²) in [5, 5.41) is 0. The Kier molecular flexibility index (Phi) is 6.72. The van der Waals surface area contributed by atoms with Crippen molar-refractivity contribution < 1.29 is 9.59 Å². The van der Waals surface area contributed by atoms with E-state index in [2.05, 4.69) is 0 Å². The van der Waals surface area contributed by atoms with Crippen molar-refractivity contribution in [3.05, 3.63) is 0 Å². The van der Waals surface area contributed by atoms with E-state index < -0.39 is 11.8 Å². The van der Waals surface area contributed by atoms with E-state index in [1.165, 1.54) is 4.90 Å². The number of thiocarbonyl (C=S) groups is 1. The van der Waals surface area contributed by atoms with E-state index in [1.54, 1.807) is 0 Å². The molecule has 0 aromatic carbocycles. The first-order chi connectivity index (χ1) is 7.79. The molecule has 2 amide bonds. The van der Waals surface area contributed by atoms with Crippen molar-refractivity contribution in [2.24, 2.45) is 23.3 Å². The molecule has 5 nitrogen and oxygen atoms in total. The van der Waals surface area contributed by atoms with Crippen LogP contribution in [0.1, 0.15) is 27.2 Å². The summed E-state index contributed by atoms with van der Waals surface area (Å²) < 4.78 is 0. The number of nitrogens with two attached hydrogens (primary N) is 2. The lowest BCUT2D eigenvalue weighted by molar-refractivity contribution is -0.137. The normalized spacial score (nSPS) is 12.2. The van der Waals surface area contributed by atoms with Crippen LogP contribution in [0.25, 0.3) is 0 Å². The number of carbonyl (C=O) groups is 2. The van der Waals surface area contributed by atoms with Crippen LogP contribution in [0.5, 0.6) is 0 Å². The lowest BCUT2D eigenvalue weighted by Crippen LogP contribution is -2.46. The van der Waals surface area contributed by atoms with Gasteiger partial charge in [-0.1, -0.05) is 33.0 Å². The molecule has 0 rings (SSSR count). The molecule has 0 fully saturated rings. The minimum atomic E-state index is -0.531. The fourth-order valence-corrected chi connectivity index (χ4v) is 1.85. The van der Waals surface area contributed by atoms with Gasteiger partial charge in [-0.25, -0.2) is 0 Å². The van der Waals surface area contributed by atoms with Crippen LogP contribution in [0.3, 0.4) is 0 Å². The summed E-state index contributed by atoms with van der Waals surface area (Å²) in [6.45, 7) is 6.14. The highest BCUT2D eigenvalue weighted by Gasteiger charge is 2.26. The maximum absolute atomic E-state index is 12.1. The van der Waals surface area contributed by atoms with Crippen LogP contribution in [0.15, 0.2) is 0 Å². The highest BCUT2D eigenvalue weighted by molar-refractivity contribution is 7.80. The molecule has 0 saturated carbocycles. The second-order valence-electron chi connectivity index (χ2n) is 4.44. The first kappa shape index (κ1) is 15.8. The largest absolute Gasteiger partial charge is 0.393 e. The lowest BCUT2D eigenvalue weighted by Gasteiger charge is -2.26. The van der Waals surface area contributed by atoms with Gasteiger partial charge in [0.15, 0.2) is 0 Å². The predicted octanol–water partition coefficient (Wildman–Crippen LogP) is 0.269. The molecule has 0 bridgehead atoms. The van der Waals surface area contributed by atoms with E-state index in [0.29, 0.717) is 13.0 Å². The molecule has 1 unspecified atom stereocenters. The second-order valence-corrected chi connectivity index (χ2v) is 4.91. The summed E-state index contributed by atoms with van der Waals surface area (Å²) >= 11 is 4.85. The van der Waals surface area contributed by atoms with Crippen molar-refractivity contribution in [2.75, 3.05) is 13.1 Å². The van der Waals surface area contributed by atoms with Gasteiger partial charge in [0.25, 0.3) is 0 Å². The van der Waals surface area contributed by atoms with E-state index in [9.17, 15) is 9.59 Å². The molecular formula is C11H21N3O2S. The predicted molar refractivity (Wildman–Crippen MR) is 71.2 cm³/mol. The number of carbonyl (C=O) groups excluding carboxylic acids is 2. The van der Waals surface area contributed by atoms with E-state index in [-0.39, 0.29) is 23.4 Å². The molecule has 0 saturated heterocycles. The Bertz CT molecular complexity index is 305. The van der Waals surface area contributed by atoms with Crippen LogP contribution in [0.4, 0.5) is 0 Å². The van der Waals surface area contributed by atoms with Crippen LogP contribution in [0, 0.1) is 11.8 Å². The molecule has 0 radical (unpaired) electrons. The Hall–Kier alpha value is -1.17. The van der Waals surface area contributed by atoms with Crippen LogP contribution >= 0.6 is 12.2 Å². The van der Waals surface area contributed by atoms with E-state index >= 15 is 0 Å². The summed E-state index contributed by atoms with van der Waals surface area (Å²) in [6, 6.07) is 0. The van der Waals surface area contributed by atoms with Gasteiger partial charge in [-0.2, -0.15) is 0 Å². The topological polar surface area (TPSA) is 89.4 Å². The molecular weight excluding hydrogens is 238 g/mol. The zero-order valence-corrected chi connectivity index (χ0v) is 11.4. The number of nitrogens with zero attached hydrogens (tertiary/aromatic N) is 1. The van der Waals surface area contributed by atoms with Gasteiger partial charge in [0.05, 0.1) is 17.5 Å². The summed E-state index contributed by atoms with van der Waals surface area (Å²) in [5.74, 6) is -1.01. The molecule has 1 atom stereocenters. The summed E-state index contributed by atoms with van der Waals surface area (Å²) in [4.78, 5) is 24.7. The smallest absolute Gasteiger partial charge is 0.237 e. The van der Waals surface area contributed by atoms with Crippen molar-refractivity contribution in [1.29, 1.82) is 0 Å². The fourth-order valence-electron chi connectivity index (χ4n) is 1.58. The molecule has 0 aliphatic heterocycles. The summed E-state index contributed by atoms with van der Waals surface area (Å²) in [7, 11) is 0. The number of rotatable bonds is 7. The molecule has 4 N–H and O–H groups in total. The van der Waals surface area contributed by atoms with E-state index in [1.807, 2.05) is 20.8 Å². The molecule has 0 aliphatic rings. The minimum absolute atomic E-state index is 0.0872. The third-order valence-electron chi connectivity index (χ3n) is 2.29. The van der Waals surface area contributed by atoms with Crippen molar-refractivity contribution in [1.82, 2.24) is 4.90 Å². The molecule has 0 aromatic heterocycles. The first-order valence-electron chi connectivity index (χ1n) is 5.65. The van der Waals surface area contributed by atoms with Crippen molar-refractivity contribution in [2.45, 2.75) is 27.2 Å². The van der Waals surface area contributed by atoms with Crippen molar-refractivity contribution in [3.8, 4) is 0 Å². The Morgan fingerprint density at radius 2 is 1.82 bits per heavy atom. The van der Waals surface area contributed by atoms with Gasteiger partial charge in [-0.05, 0) is 12.3 Å². The molecule has 17 heavy (non-hydrogen) atoms. The SMILES string of the molecule is CCC(C(=O)N(CC(N)=O)CC(C)C)C(N)=S. The van der Waals surface area contributed by atoms with Gasteiger partial charge in [-0.15, -0.1) is 0 Å². The monoisotopic (exact) mass is 259 g/mol. The molecule has 0 aliphatic carbocycles. The Labute approximate surface area is 108 Å². The standard InChI is InChI=1S/C11H21N3O2S/c1-4-8(10(13)17)11(16)14(5-7(2)3)6-9(12)15/h7-8H,4-6H2,1-3H3,(H2,12,15)(H2,13,17). The Morgan fingerprint density at radius 1 is 1.29 bits per heavy atom. The molecule has 98 valence electrons. The van der Waals surface area contributed by atoms with E-state index in [0.717, 1.165) is 0 Å². The Balaban J connectivity index is 4.82. The van der Waals surface area contributed by atoms with Gasteiger partial charge in [0, 0.05) is 6.54 Å². The number of hydrogen-bond donors (Lipinski definition) is 2. The zero-order valence-electron chi connectivity index (χ0n) is 10.6. The van der Waals surface area contributed by atoms with Gasteiger partial charge < -0.3 is 16.4 Å². The van der Waals surface area contributed by atoms with Gasteiger partial charge >= 0.3 is 0 Å². The maximum atomic E-state index is 12.1. The number of hydrogen-bond acceptors (Lipinski definition) is 3. The first-order valence-corrected chi connectivity index (χ1v) is 6.06. The van der Waals surface area contributed by atoms with Crippen LogP contribution in [0.2, 0.25) is 0 Å². The minimum Gasteiger partial charge on any atom is -0.393 e. The van der Waals surface area contributed by atoms with Gasteiger partial charge in [0.1, 0.15) is 0 Å². The van der Waals surface area contributed by atoms with E-state index in [4.69, 9.17) is 23.7 Å².